The standard InChI is InChI=1S/C10H21N3/c1-3-9(2)5-4-6-11-10-12-7-8-13-10/h9H,3-8H2,1-2H3,(H2,11,12,13). The van der Waals surface area contributed by atoms with Crippen LogP contribution in [0.1, 0.15) is 33.1 Å². The SMILES string of the molecule is CCC(C)CCCNC1=NCCN1. The Balaban J connectivity index is 1.94. The van der Waals surface area contributed by atoms with Crippen molar-refractivity contribution >= 4 is 5.96 Å². The van der Waals surface area contributed by atoms with Crippen molar-refractivity contribution in [2.75, 3.05) is 19.6 Å². The fraction of sp³-hybridized carbons (Fsp3) is 0.900. The summed E-state index contributed by atoms with van der Waals surface area (Å²) in [6.45, 7) is 7.53. The van der Waals surface area contributed by atoms with E-state index in [4.69, 9.17) is 0 Å². The third-order valence-electron chi connectivity index (χ3n) is 2.54. The zero-order valence-electron chi connectivity index (χ0n) is 8.77. The van der Waals surface area contributed by atoms with E-state index in [0.29, 0.717) is 0 Å². The molecule has 0 aliphatic carbocycles. The van der Waals surface area contributed by atoms with E-state index in [9.17, 15) is 0 Å². The van der Waals surface area contributed by atoms with Crippen LogP contribution >= 0.6 is 0 Å². The van der Waals surface area contributed by atoms with Gasteiger partial charge in [-0.1, -0.05) is 20.3 Å². The van der Waals surface area contributed by atoms with Gasteiger partial charge in [0, 0.05) is 13.1 Å². The van der Waals surface area contributed by atoms with Crippen LogP contribution in [0.4, 0.5) is 0 Å². The monoisotopic (exact) mass is 183 g/mol. The van der Waals surface area contributed by atoms with E-state index in [1.54, 1.807) is 0 Å². The molecule has 0 saturated heterocycles. The van der Waals surface area contributed by atoms with Gasteiger partial charge in [0.15, 0.2) is 5.96 Å². The molecule has 3 heteroatoms. The zero-order valence-corrected chi connectivity index (χ0v) is 8.77. The lowest BCUT2D eigenvalue weighted by molar-refractivity contribution is 0.493. The van der Waals surface area contributed by atoms with Crippen LogP contribution in [0.25, 0.3) is 0 Å². The summed E-state index contributed by atoms with van der Waals surface area (Å²) in [6, 6.07) is 0. The van der Waals surface area contributed by atoms with Gasteiger partial charge < -0.3 is 10.6 Å². The molecule has 1 aliphatic heterocycles. The predicted molar refractivity (Wildman–Crippen MR) is 57.0 cm³/mol. The summed E-state index contributed by atoms with van der Waals surface area (Å²) in [6.07, 6.45) is 3.85. The van der Waals surface area contributed by atoms with Gasteiger partial charge >= 0.3 is 0 Å². The summed E-state index contributed by atoms with van der Waals surface area (Å²) in [5.74, 6) is 1.85. The first-order chi connectivity index (χ1) is 6.33. The third-order valence-corrected chi connectivity index (χ3v) is 2.54. The molecule has 0 bridgehead atoms. The van der Waals surface area contributed by atoms with E-state index in [1.807, 2.05) is 0 Å². The van der Waals surface area contributed by atoms with Crippen molar-refractivity contribution in [3.8, 4) is 0 Å². The molecule has 0 fully saturated rings. The van der Waals surface area contributed by atoms with Crippen LogP contribution in [0.2, 0.25) is 0 Å². The number of hydrogen-bond donors (Lipinski definition) is 2. The van der Waals surface area contributed by atoms with Gasteiger partial charge in [0.1, 0.15) is 0 Å². The smallest absolute Gasteiger partial charge is 0.191 e. The van der Waals surface area contributed by atoms with Crippen LogP contribution in [-0.4, -0.2) is 25.6 Å². The predicted octanol–water partition coefficient (Wildman–Crippen LogP) is 1.36. The van der Waals surface area contributed by atoms with E-state index < -0.39 is 0 Å². The Morgan fingerprint density at radius 1 is 1.62 bits per heavy atom. The van der Waals surface area contributed by atoms with Gasteiger partial charge in [-0.25, -0.2) is 0 Å². The number of hydrogen-bond acceptors (Lipinski definition) is 3. The van der Waals surface area contributed by atoms with Gasteiger partial charge in [-0.15, -0.1) is 0 Å². The number of nitrogens with zero attached hydrogens (tertiary/aromatic N) is 1. The van der Waals surface area contributed by atoms with E-state index in [0.717, 1.165) is 31.5 Å². The maximum atomic E-state index is 4.27. The van der Waals surface area contributed by atoms with Gasteiger partial charge in [0.2, 0.25) is 0 Å². The Morgan fingerprint density at radius 3 is 3.08 bits per heavy atom. The molecule has 1 unspecified atom stereocenters. The second kappa shape index (κ2) is 5.84. The molecule has 1 atom stereocenters. The lowest BCUT2D eigenvalue weighted by Gasteiger charge is -2.09. The summed E-state index contributed by atoms with van der Waals surface area (Å²) in [5.41, 5.74) is 0. The molecule has 13 heavy (non-hydrogen) atoms. The van der Waals surface area contributed by atoms with Gasteiger partial charge in [0.05, 0.1) is 6.54 Å². The molecule has 1 heterocycles. The molecule has 0 saturated carbocycles. The van der Waals surface area contributed by atoms with E-state index >= 15 is 0 Å². The summed E-state index contributed by atoms with van der Waals surface area (Å²) in [7, 11) is 0. The quantitative estimate of drug-likeness (QED) is 0.631. The highest BCUT2D eigenvalue weighted by Gasteiger charge is 2.03. The van der Waals surface area contributed by atoms with Crippen molar-refractivity contribution in [3.63, 3.8) is 0 Å². The average Bonchev–Trinajstić information content (AvgIpc) is 2.64. The molecule has 0 amide bonds. The highest BCUT2D eigenvalue weighted by atomic mass is 15.2. The highest BCUT2D eigenvalue weighted by molar-refractivity contribution is 5.81. The van der Waals surface area contributed by atoms with Crippen LogP contribution in [-0.2, 0) is 0 Å². The van der Waals surface area contributed by atoms with Crippen LogP contribution in [0.15, 0.2) is 4.99 Å². The molecule has 3 nitrogen and oxygen atoms in total. The molecular formula is C10H21N3. The zero-order chi connectivity index (χ0) is 9.52. The minimum atomic E-state index is 0.861. The highest BCUT2D eigenvalue weighted by Crippen LogP contribution is 2.07. The summed E-state index contributed by atoms with van der Waals surface area (Å²) in [5, 5.41) is 6.50. The van der Waals surface area contributed by atoms with Gasteiger partial charge in [-0.3, -0.25) is 4.99 Å². The van der Waals surface area contributed by atoms with Crippen molar-refractivity contribution in [1.82, 2.24) is 10.6 Å². The molecule has 1 aliphatic rings. The van der Waals surface area contributed by atoms with E-state index in [1.165, 1.54) is 19.3 Å². The molecule has 0 radical (unpaired) electrons. The maximum absolute atomic E-state index is 4.27. The summed E-state index contributed by atoms with van der Waals surface area (Å²) >= 11 is 0. The second-order valence-corrected chi connectivity index (χ2v) is 3.74. The molecular weight excluding hydrogens is 162 g/mol. The second-order valence-electron chi connectivity index (χ2n) is 3.74. The minimum Gasteiger partial charge on any atom is -0.356 e. The van der Waals surface area contributed by atoms with Crippen molar-refractivity contribution in [2.24, 2.45) is 10.9 Å². The van der Waals surface area contributed by atoms with Gasteiger partial charge in [-0.2, -0.15) is 0 Å². The normalized spacial score (nSPS) is 17.8. The molecule has 1 rings (SSSR count). The Bertz CT molecular complexity index is 166. The largest absolute Gasteiger partial charge is 0.356 e. The minimum absolute atomic E-state index is 0.861. The lowest BCUT2D eigenvalue weighted by atomic mass is 10.0. The third kappa shape index (κ3) is 4.15. The van der Waals surface area contributed by atoms with Gasteiger partial charge in [-0.05, 0) is 18.8 Å². The first-order valence-corrected chi connectivity index (χ1v) is 5.35. The summed E-state index contributed by atoms with van der Waals surface area (Å²) < 4.78 is 0. The molecule has 2 N–H and O–H groups in total. The Morgan fingerprint density at radius 2 is 2.46 bits per heavy atom. The van der Waals surface area contributed by atoms with Crippen LogP contribution < -0.4 is 10.6 Å². The molecule has 0 aromatic carbocycles. The number of nitrogens with one attached hydrogen (secondary N) is 2. The lowest BCUT2D eigenvalue weighted by Crippen LogP contribution is -2.34. The van der Waals surface area contributed by atoms with E-state index in [2.05, 4.69) is 29.5 Å². The van der Waals surface area contributed by atoms with Crippen LogP contribution in [0.5, 0.6) is 0 Å². The summed E-state index contributed by atoms with van der Waals surface area (Å²) in [4.78, 5) is 4.27. The Kier molecular flexibility index (Phi) is 4.65. The average molecular weight is 183 g/mol. The van der Waals surface area contributed by atoms with Crippen molar-refractivity contribution in [1.29, 1.82) is 0 Å². The van der Waals surface area contributed by atoms with Crippen molar-refractivity contribution < 1.29 is 0 Å². The Labute approximate surface area is 81.0 Å². The number of aliphatic imine (C=N–C) groups is 1. The Hall–Kier alpha value is -0.730. The number of rotatable bonds is 5. The number of guanidine groups is 1. The van der Waals surface area contributed by atoms with E-state index in [-0.39, 0.29) is 0 Å². The molecule has 76 valence electrons. The first-order valence-electron chi connectivity index (χ1n) is 5.35. The molecule has 0 aromatic rings. The first kappa shape index (κ1) is 10.4. The van der Waals surface area contributed by atoms with Crippen LogP contribution in [0.3, 0.4) is 0 Å². The molecule has 0 spiro atoms. The fourth-order valence-corrected chi connectivity index (χ4v) is 1.38. The van der Waals surface area contributed by atoms with Crippen molar-refractivity contribution in [3.05, 3.63) is 0 Å². The fourth-order valence-electron chi connectivity index (χ4n) is 1.38. The van der Waals surface area contributed by atoms with Crippen molar-refractivity contribution in [2.45, 2.75) is 33.1 Å². The van der Waals surface area contributed by atoms with Crippen LogP contribution in [0, 0.1) is 5.92 Å². The van der Waals surface area contributed by atoms with Gasteiger partial charge in [0.25, 0.3) is 0 Å². The molecule has 0 aromatic heterocycles. The maximum Gasteiger partial charge on any atom is 0.191 e. The topological polar surface area (TPSA) is 36.4 Å².